The molecule has 1 N–H and O–H groups in total. The summed E-state index contributed by atoms with van der Waals surface area (Å²) < 4.78 is 0. The van der Waals surface area contributed by atoms with Crippen LogP contribution in [0.5, 0.6) is 0 Å². The first-order valence-corrected chi connectivity index (χ1v) is 8.74. The molecule has 0 unspecified atom stereocenters. The fourth-order valence-corrected chi connectivity index (χ4v) is 3.31. The molecule has 1 fully saturated rings. The second-order valence-corrected chi connectivity index (χ2v) is 6.58. The summed E-state index contributed by atoms with van der Waals surface area (Å²) in [5.74, 6) is 0.914. The number of H-pyrrole nitrogens is 1. The highest BCUT2D eigenvalue weighted by Crippen LogP contribution is 2.27. The van der Waals surface area contributed by atoms with Gasteiger partial charge in [0.05, 0.1) is 17.5 Å². The van der Waals surface area contributed by atoms with E-state index >= 15 is 0 Å². The molecule has 0 saturated carbocycles. The topological polar surface area (TPSA) is 87.7 Å². The minimum Gasteiger partial charge on any atom is -0.341 e. The lowest BCUT2D eigenvalue weighted by Crippen LogP contribution is -2.39. The van der Waals surface area contributed by atoms with E-state index in [1.54, 1.807) is 43.1 Å². The number of aromatic nitrogens is 5. The average Bonchev–Trinajstić information content (AvgIpc) is 3.15. The Bertz CT molecular complexity index is 907. The van der Waals surface area contributed by atoms with Crippen LogP contribution in [0.3, 0.4) is 0 Å². The van der Waals surface area contributed by atoms with Gasteiger partial charge in [-0.25, -0.2) is 9.97 Å². The van der Waals surface area contributed by atoms with Crippen molar-refractivity contribution in [2.45, 2.75) is 25.7 Å². The average molecular weight is 348 g/mol. The summed E-state index contributed by atoms with van der Waals surface area (Å²) in [7, 11) is 0. The van der Waals surface area contributed by atoms with E-state index in [0.717, 1.165) is 42.3 Å². The van der Waals surface area contributed by atoms with Gasteiger partial charge in [-0.1, -0.05) is 0 Å². The third-order valence-corrected chi connectivity index (χ3v) is 4.63. The maximum atomic E-state index is 12.7. The normalized spacial score (nSPS) is 17.3. The molecule has 4 rings (SSSR count). The molecular weight excluding hydrogens is 328 g/mol. The Kier molecular flexibility index (Phi) is 4.43. The number of aromatic amines is 1. The molecule has 7 nitrogen and oxygen atoms in total. The van der Waals surface area contributed by atoms with E-state index in [0.29, 0.717) is 12.1 Å². The fraction of sp³-hybridized carbons (Fsp3) is 0.316. The Morgan fingerprint density at radius 3 is 2.92 bits per heavy atom. The van der Waals surface area contributed by atoms with Crippen molar-refractivity contribution in [1.82, 2.24) is 29.8 Å². The molecule has 132 valence electrons. The highest BCUT2D eigenvalue weighted by Gasteiger charge is 2.27. The monoisotopic (exact) mass is 348 g/mol. The van der Waals surface area contributed by atoms with Crippen molar-refractivity contribution < 1.29 is 4.79 Å². The molecular formula is C19H20N6O. The molecule has 3 aromatic heterocycles. The Morgan fingerprint density at radius 2 is 2.15 bits per heavy atom. The van der Waals surface area contributed by atoms with Crippen LogP contribution in [0, 0.1) is 6.92 Å². The molecule has 0 radical (unpaired) electrons. The number of nitrogens with one attached hydrogen (secondary N) is 1. The molecule has 0 spiro atoms. The number of imidazole rings is 1. The number of rotatable bonds is 3. The van der Waals surface area contributed by atoms with Gasteiger partial charge in [0.2, 0.25) is 0 Å². The quantitative estimate of drug-likeness (QED) is 0.786. The summed E-state index contributed by atoms with van der Waals surface area (Å²) in [6.07, 6.45) is 10.5. The number of pyridine rings is 1. The molecule has 1 amide bonds. The molecule has 1 aliphatic heterocycles. The number of amides is 1. The van der Waals surface area contributed by atoms with E-state index in [-0.39, 0.29) is 11.8 Å². The Labute approximate surface area is 151 Å². The molecule has 1 aliphatic rings. The summed E-state index contributed by atoms with van der Waals surface area (Å²) in [6, 6.07) is 3.59. The van der Waals surface area contributed by atoms with Crippen molar-refractivity contribution in [3.8, 4) is 11.5 Å². The number of carbonyl (C=O) groups is 1. The van der Waals surface area contributed by atoms with Crippen LogP contribution < -0.4 is 0 Å². The van der Waals surface area contributed by atoms with Gasteiger partial charge in [-0.15, -0.1) is 0 Å². The van der Waals surface area contributed by atoms with Crippen LogP contribution in [-0.4, -0.2) is 48.8 Å². The summed E-state index contributed by atoms with van der Waals surface area (Å²) in [6.45, 7) is 3.36. The van der Waals surface area contributed by atoms with Crippen LogP contribution in [-0.2, 0) is 0 Å². The van der Waals surface area contributed by atoms with E-state index in [1.165, 1.54) is 0 Å². The highest BCUT2D eigenvalue weighted by atomic mass is 16.2. The van der Waals surface area contributed by atoms with E-state index < -0.39 is 0 Å². The van der Waals surface area contributed by atoms with Gasteiger partial charge < -0.3 is 9.88 Å². The zero-order valence-electron chi connectivity index (χ0n) is 14.6. The first-order chi connectivity index (χ1) is 12.7. The summed E-state index contributed by atoms with van der Waals surface area (Å²) >= 11 is 0. The smallest absolute Gasteiger partial charge is 0.255 e. The SMILES string of the molecule is Cc1cnc(-c2cncc([C@@H]3CCCN(C(=O)c4cccnc4)C3)n2)[nH]1. The van der Waals surface area contributed by atoms with Crippen molar-refractivity contribution in [1.29, 1.82) is 0 Å². The van der Waals surface area contributed by atoms with Crippen LogP contribution in [0.15, 0.2) is 43.1 Å². The minimum atomic E-state index is 0.0218. The third kappa shape index (κ3) is 3.33. The zero-order chi connectivity index (χ0) is 17.9. The summed E-state index contributed by atoms with van der Waals surface area (Å²) in [5.41, 5.74) is 3.24. The van der Waals surface area contributed by atoms with Crippen molar-refractivity contribution in [3.63, 3.8) is 0 Å². The Balaban J connectivity index is 1.54. The van der Waals surface area contributed by atoms with E-state index in [4.69, 9.17) is 4.98 Å². The third-order valence-electron chi connectivity index (χ3n) is 4.63. The van der Waals surface area contributed by atoms with Gasteiger partial charge >= 0.3 is 0 Å². The molecule has 26 heavy (non-hydrogen) atoms. The number of carbonyl (C=O) groups excluding carboxylic acids is 1. The van der Waals surface area contributed by atoms with E-state index in [9.17, 15) is 4.79 Å². The van der Waals surface area contributed by atoms with Gasteiger partial charge in [0.25, 0.3) is 5.91 Å². The first kappa shape index (κ1) is 16.4. The number of hydrogen-bond acceptors (Lipinski definition) is 5. The van der Waals surface area contributed by atoms with E-state index in [2.05, 4.69) is 19.9 Å². The van der Waals surface area contributed by atoms with Crippen molar-refractivity contribution >= 4 is 5.91 Å². The van der Waals surface area contributed by atoms with Gasteiger partial charge in [0, 0.05) is 49.5 Å². The minimum absolute atomic E-state index is 0.0218. The van der Waals surface area contributed by atoms with Gasteiger partial charge in [0.15, 0.2) is 5.82 Å². The van der Waals surface area contributed by atoms with Gasteiger partial charge in [-0.2, -0.15) is 0 Å². The standard InChI is InChI=1S/C19H20N6O/c1-13-8-22-18(23-13)17-11-21-10-16(24-17)15-5-3-7-25(12-15)19(26)14-4-2-6-20-9-14/h2,4,6,8-11,15H,3,5,7,12H2,1H3,(H,22,23)/t15-/m1/s1. The molecule has 1 saturated heterocycles. The van der Waals surface area contributed by atoms with Crippen LogP contribution in [0.4, 0.5) is 0 Å². The van der Waals surface area contributed by atoms with Crippen LogP contribution in [0.2, 0.25) is 0 Å². The molecule has 0 aromatic carbocycles. The number of nitrogens with zero attached hydrogens (tertiary/aromatic N) is 5. The lowest BCUT2D eigenvalue weighted by Gasteiger charge is -2.32. The van der Waals surface area contributed by atoms with Crippen molar-refractivity contribution in [3.05, 3.63) is 60.1 Å². The van der Waals surface area contributed by atoms with Crippen LogP contribution in [0.1, 0.15) is 40.5 Å². The molecule has 1 atom stereocenters. The molecule has 3 aromatic rings. The number of likely N-dealkylation sites (tertiary alicyclic amines) is 1. The lowest BCUT2D eigenvalue weighted by atomic mass is 9.94. The number of piperidine rings is 1. The van der Waals surface area contributed by atoms with Crippen molar-refractivity contribution in [2.24, 2.45) is 0 Å². The van der Waals surface area contributed by atoms with Crippen LogP contribution >= 0.6 is 0 Å². The largest absolute Gasteiger partial charge is 0.341 e. The summed E-state index contributed by atoms with van der Waals surface area (Å²) in [5, 5.41) is 0. The Hall–Kier alpha value is -3.09. The molecule has 4 heterocycles. The number of hydrogen-bond donors (Lipinski definition) is 1. The molecule has 0 aliphatic carbocycles. The Morgan fingerprint density at radius 1 is 1.23 bits per heavy atom. The first-order valence-electron chi connectivity index (χ1n) is 8.74. The van der Waals surface area contributed by atoms with Gasteiger partial charge in [-0.05, 0) is 31.9 Å². The predicted molar refractivity (Wildman–Crippen MR) is 96.5 cm³/mol. The lowest BCUT2D eigenvalue weighted by molar-refractivity contribution is 0.0705. The maximum absolute atomic E-state index is 12.7. The van der Waals surface area contributed by atoms with Gasteiger partial charge in [-0.3, -0.25) is 14.8 Å². The highest BCUT2D eigenvalue weighted by molar-refractivity contribution is 5.94. The predicted octanol–water partition coefficient (Wildman–Crippen LogP) is 2.59. The van der Waals surface area contributed by atoms with Crippen LogP contribution in [0.25, 0.3) is 11.5 Å². The molecule has 0 bridgehead atoms. The van der Waals surface area contributed by atoms with Crippen molar-refractivity contribution in [2.75, 3.05) is 13.1 Å². The van der Waals surface area contributed by atoms with Gasteiger partial charge in [0.1, 0.15) is 5.69 Å². The summed E-state index contributed by atoms with van der Waals surface area (Å²) in [4.78, 5) is 35.2. The zero-order valence-corrected chi connectivity index (χ0v) is 14.6. The number of aryl methyl sites for hydroxylation is 1. The molecule has 7 heteroatoms. The fourth-order valence-electron chi connectivity index (χ4n) is 3.31. The van der Waals surface area contributed by atoms with E-state index in [1.807, 2.05) is 11.8 Å². The second-order valence-electron chi connectivity index (χ2n) is 6.58. The maximum Gasteiger partial charge on any atom is 0.255 e. The second kappa shape index (κ2) is 7.03.